The van der Waals surface area contributed by atoms with E-state index in [1.54, 1.807) is 35.1 Å². The number of carbonyl (C=O) groups is 1. The van der Waals surface area contributed by atoms with Gasteiger partial charge >= 0.3 is 6.18 Å². The van der Waals surface area contributed by atoms with E-state index in [0.29, 0.717) is 29.4 Å². The molecule has 0 fully saturated rings. The van der Waals surface area contributed by atoms with Crippen LogP contribution < -0.4 is 5.32 Å². The summed E-state index contributed by atoms with van der Waals surface area (Å²) in [6.45, 7) is 2.27. The van der Waals surface area contributed by atoms with Gasteiger partial charge in [0.05, 0.1) is 17.7 Å². The summed E-state index contributed by atoms with van der Waals surface area (Å²) in [5.74, 6) is 0.223. The van der Waals surface area contributed by atoms with Gasteiger partial charge in [-0.15, -0.1) is 0 Å². The standard InChI is InChI=1S/C22H17F3N4O2/c1-14-19(13-29-12-4-11-26-29)28-21(31-14)15-7-9-16(10-8-15)27-20(30)17-5-2-3-6-18(17)22(23,24)25/h2-12H,13H2,1H3,(H,27,30). The molecule has 2 heterocycles. The average Bonchev–Trinajstić information content (AvgIpc) is 3.38. The molecule has 31 heavy (non-hydrogen) atoms. The van der Waals surface area contributed by atoms with Crippen LogP contribution in [0.2, 0.25) is 0 Å². The van der Waals surface area contributed by atoms with Crippen molar-refractivity contribution < 1.29 is 22.4 Å². The van der Waals surface area contributed by atoms with Gasteiger partial charge in [0.25, 0.3) is 5.91 Å². The summed E-state index contributed by atoms with van der Waals surface area (Å²) in [6.07, 6.45) is -1.12. The maximum absolute atomic E-state index is 13.1. The van der Waals surface area contributed by atoms with Gasteiger partial charge in [0.1, 0.15) is 11.5 Å². The zero-order chi connectivity index (χ0) is 22.0. The third kappa shape index (κ3) is 4.50. The first-order valence-corrected chi connectivity index (χ1v) is 9.33. The van der Waals surface area contributed by atoms with Crippen molar-refractivity contribution in [1.82, 2.24) is 14.8 Å². The topological polar surface area (TPSA) is 73.0 Å². The number of halogens is 3. The number of aryl methyl sites for hydroxylation is 1. The highest BCUT2D eigenvalue weighted by atomic mass is 19.4. The number of nitrogens with one attached hydrogen (secondary N) is 1. The van der Waals surface area contributed by atoms with E-state index in [-0.39, 0.29) is 0 Å². The normalized spacial score (nSPS) is 11.5. The molecule has 4 aromatic rings. The number of anilines is 1. The molecule has 6 nitrogen and oxygen atoms in total. The lowest BCUT2D eigenvalue weighted by Gasteiger charge is -2.12. The first-order chi connectivity index (χ1) is 14.8. The summed E-state index contributed by atoms with van der Waals surface area (Å²) >= 11 is 0. The van der Waals surface area contributed by atoms with Crippen molar-refractivity contribution in [2.24, 2.45) is 0 Å². The maximum Gasteiger partial charge on any atom is 0.417 e. The van der Waals surface area contributed by atoms with Gasteiger partial charge in [0, 0.05) is 23.6 Å². The molecule has 0 bridgehead atoms. The van der Waals surface area contributed by atoms with E-state index in [1.165, 1.54) is 12.1 Å². The number of rotatable bonds is 5. The lowest BCUT2D eigenvalue weighted by Crippen LogP contribution is -2.18. The minimum absolute atomic E-state index is 0.353. The lowest BCUT2D eigenvalue weighted by atomic mass is 10.1. The highest BCUT2D eigenvalue weighted by Crippen LogP contribution is 2.32. The summed E-state index contributed by atoms with van der Waals surface area (Å²) in [6, 6.07) is 13.0. The third-order valence-electron chi connectivity index (χ3n) is 4.63. The molecule has 2 aromatic carbocycles. The fourth-order valence-electron chi connectivity index (χ4n) is 3.07. The van der Waals surface area contributed by atoms with E-state index in [9.17, 15) is 18.0 Å². The van der Waals surface area contributed by atoms with Gasteiger partial charge in [-0.2, -0.15) is 18.3 Å². The average molecular weight is 426 g/mol. The Kier molecular flexibility index (Phi) is 5.33. The first-order valence-electron chi connectivity index (χ1n) is 9.33. The number of hydrogen-bond donors (Lipinski definition) is 1. The molecule has 0 saturated carbocycles. The second kappa shape index (κ2) is 8.10. The predicted octanol–water partition coefficient (Wildman–Crippen LogP) is 5.17. The van der Waals surface area contributed by atoms with Gasteiger partial charge in [-0.05, 0) is 49.4 Å². The molecule has 158 valence electrons. The van der Waals surface area contributed by atoms with Crippen LogP contribution in [-0.4, -0.2) is 20.7 Å². The molecule has 0 aliphatic heterocycles. The van der Waals surface area contributed by atoms with E-state index in [1.807, 2.05) is 19.2 Å². The quantitative estimate of drug-likeness (QED) is 0.478. The van der Waals surface area contributed by atoms with E-state index in [2.05, 4.69) is 15.4 Å². The Morgan fingerprint density at radius 2 is 1.84 bits per heavy atom. The van der Waals surface area contributed by atoms with E-state index in [4.69, 9.17) is 4.42 Å². The van der Waals surface area contributed by atoms with Gasteiger partial charge in [0.15, 0.2) is 0 Å². The van der Waals surface area contributed by atoms with Gasteiger partial charge < -0.3 is 9.73 Å². The minimum Gasteiger partial charge on any atom is -0.441 e. The Hall–Kier alpha value is -3.88. The fraction of sp³-hybridized carbons (Fsp3) is 0.136. The van der Waals surface area contributed by atoms with Crippen LogP contribution in [0.1, 0.15) is 27.4 Å². The lowest BCUT2D eigenvalue weighted by molar-refractivity contribution is -0.137. The molecule has 0 radical (unpaired) electrons. The van der Waals surface area contributed by atoms with Crippen molar-refractivity contribution in [3.05, 3.63) is 89.6 Å². The third-order valence-corrected chi connectivity index (χ3v) is 4.63. The van der Waals surface area contributed by atoms with E-state index in [0.717, 1.165) is 17.8 Å². The highest BCUT2D eigenvalue weighted by Gasteiger charge is 2.34. The zero-order valence-electron chi connectivity index (χ0n) is 16.3. The van der Waals surface area contributed by atoms with Gasteiger partial charge in [0.2, 0.25) is 5.89 Å². The molecule has 0 spiro atoms. The van der Waals surface area contributed by atoms with Crippen LogP contribution >= 0.6 is 0 Å². The first kappa shape index (κ1) is 20.4. The van der Waals surface area contributed by atoms with Crippen LogP contribution in [0.25, 0.3) is 11.5 Å². The molecule has 0 aliphatic rings. The molecule has 4 rings (SSSR count). The maximum atomic E-state index is 13.1. The van der Waals surface area contributed by atoms with E-state index >= 15 is 0 Å². The van der Waals surface area contributed by atoms with Crippen LogP contribution in [-0.2, 0) is 12.7 Å². The Balaban J connectivity index is 1.50. The van der Waals surface area contributed by atoms with Crippen molar-refractivity contribution >= 4 is 11.6 Å². The number of aromatic nitrogens is 3. The van der Waals surface area contributed by atoms with Crippen molar-refractivity contribution in [3.63, 3.8) is 0 Å². The van der Waals surface area contributed by atoms with Crippen molar-refractivity contribution in [2.75, 3.05) is 5.32 Å². The van der Waals surface area contributed by atoms with Gasteiger partial charge in [-0.25, -0.2) is 4.98 Å². The van der Waals surface area contributed by atoms with Gasteiger partial charge in [-0.3, -0.25) is 9.48 Å². The Morgan fingerprint density at radius 3 is 2.52 bits per heavy atom. The highest BCUT2D eigenvalue weighted by molar-refractivity contribution is 6.05. The summed E-state index contributed by atoms with van der Waals surface area (Å²) in [7, 11) is 0. The second-order valence-corrected chi connectivity index (χ2v) is 6.80. The number of carbonyl (C=O) groups excluding carboxylic acids is 1. The van der Waals surface area contributed by atoms with Crippen LogP contribution in [0.15, 0.2) is 71.4 Å². The molecule has 1 N–H and O–H groups in total. The predicted molar refractivity (Wildman–Crippen MR) is 107 cm³/mol. The molecule has 0 atom stereocenters. The minimum atomic E-state index is -4.62. The summed E-state index contributed by atoms with van der Waals surface area (Å²) in [4.78, 5) is 16.9. The van der Waals surface area contributed by atoms with Crippen LogP contribution in [0, 0.1) is 6.92 Å². The monoisotopic (exact) mass is 426 g/mol. The van der Waals surface area contributed by atoms with Crippen molar-refractivity contribution in [1.29, 1.82) is 0 Å². The second-order valence-electron chi connectivity index (χ2n) is 6.80. The summed E-state index contributed by atoms with van der Waals surface area (Å²) < 4.78 is 46.9. The molecular weight excluding hydrogens is 409 g/mol. The number of benzene rings is 2. The van der Waals surface area contributed by atoms with Crippen molar-refractivity contribution in [2.45, 2.75) is 19.6 Å². The van der Waals surface area contributed by atoms with E-state index < -0.39 is 23.2 Å². The molecule has 0 aliphatic carbocycles. The Bertz CT molecular complexity index is 1200. The number of hydrogen-bond acceptors (Lipinski definition) is 4. The number of amides is 1. The fourth-order valence-corrected chi connectivity index (χ4v) is 3.07. The van der Waals surface area contributed by atoms with Crippen LogP contribution in [0.4, 0.5) is 18.9 Å². The largest absolute Gasteiger partial charge is 0.441 e. The molecule has 0 saturated heterocycles. The number of oxazole rings is 1. The molecular formula is C22H17F3N4O2. The number of alkyl halides is 3. The Labute approximate surface area is 175 Å². The smallest absolute Gasteiger partial charge is 0.417 e. The molecule has 1 amide bonds. The molecule has 0 unspecified atom stereocenters. The number of nitrogens with zero attached hydrogens (tertiary/aromatic N) is 3. The van der Waals surface area contributed by atoms with Crippen molar-refractivity contribution in [3.8, 4) is 11.5 Å². The summed E-state index contributed by atoms with van der Waals surface area (Å²) in [5, 5.41) is 6.64. The zero-order valence-corrected chi connectivity index (χ0v) is 16.3. The molecule has 2 aromatic heterocycles. The Morgan fingerprint density at radius 1 is 1.10 bits per heavy atom. The van der Waals surface area contributed by atoms with Crippen LogP contribution in [0.5, 0.6) is 0 Å². The van der Waals surface area contributed by atoms with Gasteiger partial charge in [-0.1, -0.05) is 12.1 Å². The molecule has 9 heteroatoms. The summed E-state index contributed by atoms with van der Waals surface area (Å²) in [5.41, 5.74) is 0.337. The SMILES string of the molecule is Cc1oc(-c2ccc(NC(=O)c3ccccc3C(F)(F)F)cc2)nc1Cn1cccn1. The van der Waals surface area contributed by atoms with Crippen LogP contribution in [0.3, 0.4) is 0 Å².